The zero-order valence-corrected chi connectivity index (χ0v) is 19.6. The molecule has 164 valence electrons. The summed E-state index contributed by atoms with van der Waals surface area (Å²) in [5.74, 6) is 0. The van der Waals surface area contributed by atoms with Gasteiger partial charge < -0.3 is 14.7 Å². The number of hydrogen-bond acceptors (Lipinski definition) is 5. The quantitative estimate of drug-likeness (QED) is 0.583. The Morgan fingerprint density at radius 1 is 1.29 bits per heavy atom. The number of fused-ring (bicyclic) bond motifs is 1. The van der Waals surface area contributed by atoms with Gasteiger partial charge in [0.15, 0.2) is 0 Å². The molecule has 0 bridgehead atoms. The van der Waals surface area contributed by atoms with Crippen LogP contribution in [0.3, 0.4) is 0 Å². The van der Waals surface area contributed by atoms with Crippen LogP contribution in [0.25, 0.3) is 16.8 Å². The molecule has 0 aliphatic heterocycles. The van der Waals surface area contributed by atoms with Gasteiger partial charge in [-0.15, -0.1) is 0 Å². The van der Waals surface area contributed by atoms with E-state index >= 15 is 0 Å². The van der Waals surface area contributed by atoms with Gasteiger partial charge in [0.05, 0.1) is 18.7 Å². The average Bonchev–Trinajstić information content (AvgIpc) is 2.70. The Bertz CT molecular complexity index is 1170. The van der Waals surface area contributed by atoms with Gasteiger partial charge in [-0.05, 0) is 62.6 Å². The van der Waals surface area contributed by atoms with Crippen molar-refractivity contribution >= 4 is 27.7 Å². The van der Waals surface area contributed by atoms with E-state index in [-0.39, 0.29) is 25.3 Å². The maximum Gasteiger partial charge on any atom is 0.410 e. The molecule has 1 N–H and O–H groups in total. The summed E-state index contributed by atoms with van der Waals surface area (Å²) >= 11 is 3.55. The number of carbonyl (C=O) groups excluding carboxylic acids is 1. The largest absolute Gasteiger partial charge is 0.444 e. The minimum absolute atomic E-state index is 0.00324. The monoisotopic (exact) mass is 487 g/mol. The van der Waals surface area contributed by atoms with Crippen molar-refractivity contribution in [2.45, 2.75) is 39.8 Å². The van der Waals surface area contributed by atoms with Crippen LogP contribution in [0.2, 0.25) is 0 Å². The van der Waals surface area contributed by atoms with Crippen LogP contribution in [0.1, 0.15) is 31.9 Å². The number of ether oxygens (including phenoxy) is 1. The number of halogens is 1. The molecule has 1 amide bonds. The van der Waals surface area contributed by atoms with Gasteiger partial charge in [-0.2, -0.15) is 0 Å². The van der Waals surface area contributed by atoms with Gasteiger partial charge in [0.25, 0.3) is 5.56 Å². The van der Waals surface area contributed by atoms with Gasteiger partial charge in [-0.3, -0.25) is 9.20 Å². The zero-order chi connectivity index (χ0) is 22.8. The first kappa shape index (κ1) is 23.0. The van der Waals surface area contributed by atoms with Crippen molar-refractivity contribution in [1.82, 2.24) is 14.3 Å². The lowest BCUT2D eigenvalue weighted by Gasteiger charge is -2.26. The number of pyridine rings is 1. The molecular weight excluding hydrogens is 462 g/mol. The predicted molar refractivity (Wildman–Crippen MR) is 123 cm³/mol. The number of rotatable bonds is 5. The van der Waals surface area contributed by atoms with E-state index in [9.17, 15) is 14.7 Å². The van der Waals surface area contributed by atoms with Crippen LogP contribution in [-0.4, -0.2) is 44.2 Å². The van der Waals surface area contributed by atoms with Gasteiger partial charge in [0.2, 0.25) is 0 Å². The van der Waals surface area contributed by atoms with Crippen molar-refractivity contribution in [1.29, 1.82) is 0 Å². The van der Waals surface area contributed by atoms with Crippen LogP contribution >= 0.6 is 15.9 Å². The first-order chi connectivity index (χ1) is 14.6. The summed E-state index contributed by atoms with van der Waals surface area (Å²) in [6, 6.07) is 9.70. The molecule has 2 heterocycles. The molecule has 0 radical (unpaired) electrons. The van der Waals surface area contributed by atoms with E-state index in [4.69, 9.17) is 4.74 Å². The molecule has 3 aromatic rings. The van der Waals surface area contributed by atoms with Crippen molar-refractivity contribution in [3.8, 4) is 11.1 Å². The standard InChI is InChI=1S/C23H26BrN3O4/c1-15-18(6-5-7-19(15)24)16-8-9-27-20(12-16)25-13-17(21(27)29)14-26(10-11-28)22(30)31-23(2,3)4/h5-9,12-13,28H,10-11,14H2,1-4H3. The summed E-state index contributed by atoms with van der Waals surface area (Å²) in [6.45, 7) is 7.13. The summed E-state index contributed by atoms with van der Waals surface area (Å²) in [6.07, 6.45) is 2.57. The van der Waals surface area contributed by atoms with E-state index in [1.54, 1.807) is 27.0 Å². The number of aliphatic hydroxyl groups excluding tert-OH is 1. The fourth-order valence-corrected chi connectivity index (χ4v) is 3.56. The Labute approximate surface area is 189 Å². The fourth-order valence-electron chi connectivity index (χ4n) is 3.20. The second kappa shape index (κ2) is 9.20. The molecule has 0 saturated carbocycles. The fraction of sp³-hybridized carbons (Fsp3) is 0.348. The molecule has 0 atom stereocenters. The Balaban J connectivity index is 1.94. The molecule has 2 aromatic heterocycles. The van der Waals surface area contributed by atoms with E-state index in [1.807, 2.05) is 37.3 Å². The van der Waals surface area contributed by atoms with Crippen LogP contribution < -0.4 is 5.56 Å². The molecule has 1 aromatic carbocycles. The number of benzene rings is 1. The van der Waals surface area contributed by atoms with Crippen molar-refractivity contribution in [2.75, 3.05) is 13.2 Å². The third kappa shape index (κ3) is 5.32. The Hall–Kier alpha value is -2.71. The summed E-state index contributed by atoms with van der Waals surface area (Å²) < 4.78 is 7.85. The van der Waals surface area contributed by atoms with Gasteiger partial charge >= 0.3 is 6.09 Å². The minimum Gasteiger partial charge on any atom is -0.444 e. The SMILES string of the molecule is Cc1c(Br)cccc1-c1ccn2c(=O)c(CN(CCO)C(=O)OC(C)(C)C)cnc2c1. The second-order valence-electron chi connectivity index (χ2n) is 8.27. The van der Waals surface area contributed by atoms with Crippen LogP contribution in [0.5, 0.6) is 0 Å². The lowest BCUT2D eigenvalue weighted by Crippen LogP contribution is -2.39. The van der Waals surface area contributed by atoms with Crippen LogP contribution in [0, 0.1) is 6.92 Å². The summed E-state index contributed by atoms with van der Waals surface area (Å²) in [5, 5.41) is 9.33. The van der Waals surface area contributed by atoms with Gasteiger partial charge in [0, 0.05) is 23.4 Å². The number of aromatic nitrogens is 2. The number of amides is 1. The van der Waals surface area contributed by atoms with Crippen molar-refractivity contribution in [2.24, 2.45) is 0 Å². The minimum atomic E-state index is -0.678. The molecule has 0 spiro atoms. The molecular formula is C23H26BrN3O4. The van der Waals surface area contributed by atoms with Crippen molar-refractivity contribution in [3.63, 3.8) is 0 Å². The highest BCUT2D eigenvalue weighted by Crippen LogP contribution is 2.28. The third-order valence-corrected chi connectivity index (χ3v) is 5.60. The highest BCUT2D eigenvalue weighted by atomic mass is 79.9. The van der Waals surface area contributed by atoms with E-state index in [0.29, 0.717) is 11.2 Å². The third-order valence-electron chi connectivity index (χ3n) is 4.74. The van der Waals surface area contributed by atoms with Crippen molar-refractivity contribution in [3.05, 3.63) is 68.7 Å². The van der Waals surface area contributed by atoms with Crippen molar-refractivity contribution < 1.29 is 14.6 Å². The molecule has 3 rings (SSSR count). The molecule has 31 heavy (non-hydrogen) atoms. The number of hydrogen-bond donors (Lipinski definition) is 1. The molecule has 0 saturated heterocycles. The summed E-state index contributed by atoms with van der Waals surface area (Å²) in [7, 11) is 0. The van der Waals surface area contributed by atoms with E-state index in [2.05, 4.69) is 20.9 Å². The summed E-state index contributed by atoms with van der Waals surface area (Å²) in [4.78, 5) is 31.2. The lowest BCUT2D eigenvalue weighted by atomic mass is 10.0. The van der Waals surface area contributed by atoms with Gasteiger partial charge in [-0.1, -0.05) is 28.1 Å². The Kier molecular flexibility index (Phi) is 6.81. The smallest absolute Gasteiger partial charge is 0.410 e. The van der Waals surface area contributed by atoms with Gasteiger partial charge in [0.1, 0.15) is 11.2 Å². The molecule has 0 aliphatic carbocycles. The van der Waals surface area contributed by atoms with E-state index < -0.39 is 11.7 Å². The predicted octanol–water partition coefficient (Wildman–Crippen LogP) is 4.16. The highest BCUT2D eigenvalue weighted by molar-refractivity contribution is 9.10. The van der Waals surface area contributed by atoms with Crippen LogP contribution in [0.15, 0.2) is 52.0 Å². The molecule has 0 fully saturated rings. The number of carbonyl (C=O) groups is 1. The Morgan fingerprint density at radius 3 is 2.71 bits per heavy atom. The molecule has 7 nitrogen and oxygen atoms in total. The van der Waals surface area contributed by atoms with E-state index in [1.165, 1.54) is 15.5 Å². The highest BCUT2D eigenvalue weighted by Gasteiger charge is 2.23. The summed E-state index contributed by atoms with van der Waals surface area (Å²) in [5.41, 5.74) is 3.00. The molecule has 0 aliphatic rings. The maximum absolute atomic E-state index is 13.0. The second-order valence-corrected chi connectivity index (χ2v) is 9.12. The average molecular weight is 488 g/mol. The molecule has 8 heteroatoms. The normalized spacial score (nSPS) is 11.5. The first-order valence-corrected chi connectivity index (χ1v) is 10.7. The zero-order valence-electron chi connectivity index (χ0n) is 18.1. The van der Waals surface area contributed by atoms with Crippen LogP contribution in [-0.2, 0) is 11.3 Å². The Morgan fingerprint density at radius 2 is 2.03 bits per heavy atom. The van der Waals surface area contributed by atoms with E-state index in [0.717, 1.165) is 21.2 Å². The first-order valence-electron chi connectivity index (χ1n) is 9.95. The topological polar surface area (TPSA) is 84.1 Å². The van der Waals surface area contributed by atoms with Gasteiger partial charge in [-0.25, -0.2) is 9.78 Å². The molecule has 0 unspecified atom stereocenters. The number of nitrogens with zero attached hydrogens (tertiary/aromatic N) is 3. The maximum atomic E-state index is 13.0. The number of aliphatic hydroxyl groups is 1. The van der Waals surface area contributed by atoms with Crippen LogP contribution in [0.4, 0.5) is 4.79 Å². The lowest BCUT2D eigenvalue weighted by molar-refractivity contribution is 0.0200.